The quantitative estimate of drug-likeness (QED) is 0.335. The zero-order valence-electron chi connectivity index (χ0n) is 14.9. The molecule has 0 bridgehead atoms. The normalized spacial score (nSPS) is 10.9. The van der Waals surface area contributed by atoms with Gasteiger partial charge < -0.3 is 25.3 Å². The summed E-state index contributed by atoms with van der Waals surface area (Å²) < 4.78 is 39.3. The van der Waals surface area contributed by atoms with Gasteiger partial charge in [0.05, 0.1) is 20.8 Å². The topological polar surface area (TPSA) is 78.1 Å². The maximum absolute atomic E-state index is 12.2. The van der Waals surface area contributed by atoms with Crippen LogP contribution in [0.1, 0.15) is 11.1 Å². The van der Waals surface area contributed by atoms with Crippen LogP contribution in [0.3, 0.4) is 0 Å². The highest BCUT2D eigenvalue weighted by Gasteiger charge is 2.06. The first-order valence-electron chi connectivity index (χ1n) is 7.80. The summed E-state index contributed by atoms with van der Waals surface area (Å²) in [4.78, 5) is 4.19. The summed E-state index contributed by atoms with van der Waals surface area (Å²) in [6.45, 7) is -2.17. The molecular formula is C18H22F2IN3O3. The van der Waals surface area contributed by atoms with Crippen molar-refractivity contribution in [1.82, 2.24) is 5.32 Å². The van der Waals surface area contributed by atoms with Gasteiger partial charge >= 0.3 is 6.61 Å². The van der Waals surface area contributed by atoms with Gasteiger partial charge in [0.15, 0.2) is 17.5 Å². The zero-order valence-corrected chi connectivity index (χ0v) is 17.3. The molecule has 9 heteroatoms. The monoisotopic (exact) mass is 493 g/mol. The molecule has 0 aliphatic heterocycles. The minimum atomic E-state index is -2.86. The summed E-state index contributed by atoms with van der Waals surface area (Å²) >= 11 is 0. The molecule has 2 aromatic carbocycles. The molecule has 0 heterocycles. The average molecular weight is 493 g/mol. The van der Waals surface area contributed by atoms with Gasteiger partial charge in [-0.25, -0.2) is 4.99 Å². The number of rotatable bonds is 8. The van der Waals surface area contributed by atoms with Crippen LogP contribution in [0.25, 0.3) is 0 Å². The lowest BCUT2D eigenvalue weighted by atomic mass is 10.2. The first-order valence-corrected chi connectivity index (χ1v) is 7.80. The highest BCUT2D eigenvalue weighted by Crippen LogP contribution is 2.27. The summed E-state index contributed by atoms with van der Waals surface area (Å²) in [5.74, 6) is 1.59. The molecule has 3 N–H and O–H groups in total. The molecule has 0 aliphatic rings. The smallest absolute Gasteiger partial charge is 0.387 e. The van der Waals surface area contributed by atoms with Crippen molar-refractivity contribution < 1.29 is 23.0 Å². The summed E-state index contributed by atoms with van der Waals surface area (Å²) in [5, 5.41) is 2.98. The molecule has 0 saturated heterocycles. The van der Waals surface area contributed by atoms with E-state index in [1.165, 1.54) is 12.1 Å². The van der Waals surface area contributed by atoms with Crippen molar-refractivity contribution in [2.24, 2.45) is 10.7 Å². The SMILES string of the molecule is COc1ccc(CNC(N)=NCc2cccc(OC(F)F)c2)cc1OC.I. The third kappa shape index (κ3) is 7.45. The van der Waals surface area contributed by atoms with E-state index in [0.29, 0.717) is 23.6 Å². The Kier molecular flexibility index (Phi) is 9.62. The van der Waals surface area contributed by atoms with Crippen LogP contribution in [-0.4, -0.2) is 26.8 Å². The molecule has 148 valence electrons. The Morgan fingerprint density at radius 3 is 2.48 bits per heavy atom. The number of nitrogens with two attached hydrogens (primary N) is 1. The highest BCUT2D eigenvalue weighted by atomic mass is 127. The van der Waals surface area contributed by atoms with Crippen LogP contribution in [0.4, 0.5) is 8.78 Å². The van der Waals surface area contributed by atoms with E-state index in [9.17, 15) is 8.78 Å². The summed E-state index contributed by atoms with van der Waals surface area (Å²) in [7, 11) is 3.14. The van der Waals surface area contributed by atoms with Crippen molar-refractivity contribution in [1.29, 1.82) is 0 Å². The van der Waals surface area contributed by atoms with Gasteiger partial charge in [0, 0.05) is 6.54 Å². The van der Waals surface area contributed by atoms with Crippen molar-refractivity contribution in [3.8, 4) is 17.2 Å². The number of hydrogen-bond donors (Lipinski definition) is 2. The average Bonchev–Trinajstić information content (AvgIpc) is 2.64. The molecule has 6 nitrogen and oxygen atoms in total. The molecule has 0 unspecified atom stereocenters. The number of methoxy groups -OCH3 is 2. The number of ether oxygens (including phenoxy) is 3. The lowest BCUT2D eigenvalue weighted by molar-refractivity contribution is -0.0498. The number of hydrogen-bond acceptors (Lipinski definition) is 4. The van der Waals surface area contributed by atoms with Gasteiger partial charge in [0.25, 0.3) is 0 Å². The van der Waals surface area contributed by atoms with E-state index in [1.807, 2.05) is 12.1 Å². The van der Waals surface area contributed by atoms with Crippen LogP contribution in [0, 0.1) is 0 Å². The second kappa shape index (κ2) is 11.4. The minimum absolute atomic E-state index is 0. The summed E-state index contributed by atoms with van der Waals surface area (Å²) in [5.41, 5.74) is 7.49. The molecule has 0 radical (unpaired) electrons. The van der Waals surface area contributed by atoms with Gasteiger partial charge in [-0.1, -0.05) is 18.2 Å². The first kappa shape index (κ1) is 22.7. The van der Waals surface area contributed by atoms with Crippen molar-refractivity contribution >= 4 is 29.9 Å². The molecule has 2 rings (SSSR count). The third-order valence-electron chi connectivity index (χ3n) is 3.48. The lowest BCUT2D eigenvalue weighted by Crippen LogP contribution is -2.31. The number of alkyl halides is 2. The van der Waals surface area contributed by atoms with Gasteiger partial charge in [0.1, 0.15) is 5.75 Å². The molecule has 0 fully saturated rings. The molecular weight excluding hydrogens is 471 g/mol. The number of guanidine groups is 1. The van der Waals surface area contributed by atoms with Crippen molar-refractivity contribution in [2.75, 3.05) is 14.2 Å². The van der Waals surface area contributed by atoms with Gasteiger partial charge in [-0.3, -0.25) is 0 Å². The Morgan fingerprint density at radius 2 is 1.81 bits per heavy atom. The fourth-order valence-corrected chi connectivity index (χ4v) is 2.24. The molecule has 0 saturated carbocycles. The Balaban J connectivity index is 0.00000364. The van der Waals surface area contributed by atoms with Crippen LogP contribution >= 0.6 is 24.0 Å². The van der Waals surface area contributed by atoms with Crippen LogP contribution in [0.5, 0.6) is 17.2 Å². The fraction of sp³-hybridized carbons (Fsp3) is 0.278. The van der Waals surface area contributed by atoms with E-state index in [-0.39, 0.29) is 42.2 Å². The third-order valence-corrected chi connectivity index (χ3v) is 3.48. The Bertz CT molecular complexity index is 760. The Morgan fingerprint density at radius 1 is 1.07 bits per heavy atom. The minimum Gasteiger partial charge on any atom is -0.493 e. The van der Waals surface area contributed by atoms with Crippen LogP contribution in [0.2, 0.25) is 0 Å². The molecule has 0 amide bonds. The van der Waals surface area contributed by atoms with E-state index in [0.717, 1.165) is 5.56 Å². The molecule has 2 aromatic rings. The van der Waals surface area contributed by atoms with E-state index in [2.05, 4.69) is 15.0 Å². The number of aliphatic imine (C=N–C) groups is 1. The molecule has 0 spiro atoms. The fourth-order valence-electron chi connectivity index (χ4n) is 2.24. The maximum Gasteiger partial charge on any atom is 0.387 e. The molecule has 0 aliphatic carbocycles. The van der Waals surface area contributed by atoms with Crippen molar-refractivity contribution in [3.05, 3.63) is 53.6 Å². The number of nitrogens with zero attached hydrogens (tertiary/aromatic N) is 1. The standard InChI is InChI=1S/C18H21F2N3O3.HI/c1-24-15-7-6-13(9-16(15)25-2)11-23-18(21)22-10-12-4-3-5-14(8-12)26-17(19)20;/h3-9,17H,10-11H2,1-2H3,(H3,21,22,23);1H. The van der Waals surface area contributed by atoms with E-state index < -0.39 is 6.61 Å². The predicted octanol–water partition coefficient (Wildman–Crippen LogP) is 3.53. The molecule has 27 heavy (non-hydrogen) atoms. The van der Waals surface area contributed by atoms with Gasteiger partial charge in [-0.2, -0.15) is 8.78 Å². The summed E-state index contributed by atoms with van der Waals surface area (Å²) in [6.07, 6.45) is 0. The molecule has 0 aromatic heterocycles. The predicted molar refractivity (Wildman–Crippen MR) is 110 cm³/mol. The van der Waals surface area contributed by atoms with Crippen molar-refractivity contribution in [2.45, 2.75) is 19.7 Å². The lowest BCUT2D eigenvalue weighted by Gasteiger charge is -2.11. The van der Waals surface area contributed by atoms with Crippen LogP contribution in [-0.2, 0) is 13.1 Å². The van der Waals surface area contributed by atoms with Gasteiger partial charge in [-0.05, 0) is 35.4 Å². The second-order valence-corrected chi connectivity index (χ2v) is 5.27. The maximum atomic E-state index is 12.2. The zero-order chi connectivity index (χ0) is 18.9. The Hall–Kier alpha value is -2.30. The van der Waals surface area contributed by atoms with Crippen LogP contribution in [0.15, 0.2) is 47.5 Å². The molecule has 0 atom stereocenters. The van der Waals surface area contributed by atoms with E-state index >= 15 is 0 Å². The number of halogens is 3. The number of nitrogens with one attached hydrogen (secondary N) is 1. The van der Waals surface area contributed by atoms with Gasteiger partial charge in [-0.15, -0.1) is 24.0 Å². The van der Waals surface area contributed by atoms with Gasteiger partial charge in [0.2, 0.25) is 0 Å². The highest BCUT2D eigenvalue weighted by molar-refractivity contribution is 14.0. The van der Waals surface area contributed by atoms with Crippen LogP contribution < -0.4 is 25.3 Å². The summed E-state index contributed by atoms with van der Waals surface area (Å²) in [6, 6.07) is 11.9. The van der Waals surface area contributed by atoms with Crippen molar-refractivity contribution in [3.63, 3.8) is 0 Å². The Labute approximate surface area is 173 Å². The largest absolute Gasteiger partial charge is 0.493 e. The number of benzene rings is 2. The van der Waals surface area contributed by atoms with E-state index in [1.54, 1.807) is 32.4 Å². The second-order valence-electron chi connectivity index (χ2n) is 5.27. The first-order chi connectivity index (χ1) is 12.5. The van der Waals surface area contributed by atoms with E-state index in [4.69, 9.17) is 15.2 Å².